The predicted molar refractivity (Wildman–Crippen MR) is 113 cm³/mol. The maximum absolute atomic E-state index is 5.88. The van der Waals surface area contributed by atoms with Crippen molar-refractivity contribution < 1.29 is 14.2 Å². The van der Waals surface area contributed by atoms with Crippen LogP contribution in [0.25, 0.3) is 0 Å². The van der Waals surface area contributed by atoms with E-state index >= 15 is 0 Å². The molecule has 26 heavy (non-hydrogen) atoms. The van der Waals surface area contributed by atoms with Crippen LogP contribution in [-0.4, -0.2) is 45.0 Å². The Morgan fingerprint density at radius 2 is 1.81 bits per heavy atom. The molecule has 0 aromatic heterocycles. The Labute approximate surface area is 165 Å². The molecule has 0 aliphatic heterocycles. The second kappa shape index (κ2) is 11.5. The normalized spacial score (nSPS) is 14.5. The van der Waals surface area contributed by atoms with Crippen LogP contribution >= 0.6 is 0 Å². The number of hydrogen-bond donors (Lipinski definition) is 0. The molecule has 1 atom stereocenters. The van der Waals surface area contributed by atoms with Gasteiger partial charge in [-0.2, -0.15) is 0 Å². The Hall–Kier alpha value is -0.361. The minimum absolute atomic E-state index is 0.149. The van der Waals surface area contributed by atoms with E-state index in [1.807, 2.05) is 6.07 Å². The third-order valence-corrected chi connectivity index (χ3v) is 11.3. The number of allylic oxidation sites excluding steroid dienone is 1. The standard InChI is InChI=1S/C19H29O3.3CH3.Sn/c1-17(22-16-20-4)9-8-12-19(2,3)13-14-21-15-18-10-6-5-7-11-18;;;;/h5-8,10-11,17H,12-16H2,1-4H3;3*1H3;. The molecule has 0 N–H and O–H groups in total. The van der Waals surface area contributed by atoms with Gasteiger partial charge in [0, 0.05) is 0 Å². The summed E-state index contributed by atoms with van der Waals surface area (Å²) in [5, 5.41) is 0. The minimum atomic E-state index is -2.20. The molecule has 4 heteroatoms. The summed E-state index contributed by atoms with van der Waals surface area (Å²) >= 11 is -2.20. The van der Waals surface area contributed by atoms with Gasteiger partial charge in [0.2, 0.25) is 0 Å². The van der Waals surface area contributed by atoms with Gasteiger partial charge in [-0.05, 0) is 0 Å². The molecule has 0 aliphatic carbocycles. The van der Waals surface area contributed by atoms with Gasteiger partial charge < -0.3 is 0 Å². The Morgan fingerprint density at radius 1 is 1.15 bits per heavy atom. The molecule has 0 amide bonds. The average molecular weight is 469 g/mol. The summed E-state index contributed by atoms with van der Waals surface area (Å²) in [7, 11) is 1.68. The number of ether oxygens (including phenoxy) is 3. The van der Waals surface area contributed by atoms with Gasteiger partial charge in [0.1, 0.15) is 0 Å². The molecule has 1 unspecified atom stereocenters. The van der Waals surface area contributed by atoms with E-state index in [1.165, 1.54) is 9.15 Å². The first-order valence-corrected chi connectivity index (χ1v) is 19.6. The van der Waals surface area contributed by atoms with Crippen LogP contribution in [0.4, 0.5) is 0 Å². The van der Waals surface area contributed by atoms with Crippen LogP contribution in [-0.2, 0) is 20.8 Å². The van der Waals surface area contributed by atoms with Crippen LogP contribution in [0.3, 0.4) is 0 Å². The number of methoxy groups -OCH3 is 1. The summed E-state index contributed by atoms with van der Waals surface area (Å²) in [5.74, 6) is 0. The van der Waals surface area contributed by atoms with Gasteiger partial charge in [0.25, 0.3) is 0 Å². The molecule has 0 saturated heterocycles. The quantitative estimate of drug-likeness (QED) is 0.219. The second-order valence-corrected chi connectivity index (χ2v) is 23.3. The zero-order chi connectivity index (χ0) is 19.6. The van der Waals surface area contributed by atoms with Crippen molar-refractivity contribution in [2.45, 2.75) is 61.1 Å². The Bertz CT molecular complexity index is 532. The van der Waals surface area contributed by atoms with Crippen molar-refractivity contribution in [3.8, 4) is 0 Å². The zero-order valence-corrected chi connectivity index (χ0v) is 20.7. The molecule has 0 aliphatic rings. The Balaban J connectivity index is 2.54. The van der Waals surface area contributed by atoms with Crippen LogP contribution in [0.5, 0.6) is 0 Å². The van der Waals surface area contributed by atoms with Gasteiger partial charge in [0.05, 0.1) is 0 Å². The van der Waals surface area contributed by atoms with E-state index in [9.17, 15) is 0 Å². The zero-order valence-electron chi connectivity index (χ0n) is 17.8. The Morgan fingerprint density at radius 3 is 2.38 bits per heavy atom. The molecule has 1 rings (SSSR count). The molecular formula is C22H38O3Sn. The van der Waals surface area contributed by atoms with Crippen molar-refractivity contribution in [1.29, 1.82) is 0 Å². The van der Waals surface area contributed by atoms with E-state index < -0.39 is 18.4 Å². The number of benzene rings is 1. The van der Waals surface area contributed by atoms with Gasteiger partial charge in [-0.1, -0.05) is 0 Å². The predicted octanol–water partition coefficient (Wildman–Crippen LogP) is 5.82. The van der Waals surface area contributed by atoms with E-state index in [0.29, 0.717) is 13.4 Å². The van der Waals surface area contributed by atoms with Crippen molar-refractivity contribution in [1.82, 2.24) is 0 Å². The molecule has 0 radical (unpaired) electrons. The van der Waals surface area contributed by atoms with Crippen LogP contribution in [0.1, 0.15) is 39.2 Å². The van der Waals surface area contributed by atoms with Gasteiger partial charge in [0.15, 0.2) is 0 Å². The first-order chi connectivity index (χ1) is 12.2. The van der Waals surface area contributed by atoms with Gasteiger partial charge in [-0.25, -0.2) is 0 Å². The van der Waals surface area contributed by atoms with Crippen molar-refractivity contribution in [2.24, 2.45) is 5.41 Å². The molecule has 1 aromatic rings. The fourth-order valence-electron chi connectivity index (χ4n) is 2.94. The average Bonchev–Trinajstić information content (AvgIpc) is 2.56. The monoisotopic (exact) mass is 470 g/mol. The molecule has 0 spiro atoms. The van der Waals surface area contributed by atoms with Crippen LogP contribution in [0, 0.1) is 5.41 Å². The van der Waals surface area contributed by atoms with Crippen LogP contribution in [0.15, 0.2) is 40.0 Å². The topological polar surface area (TPSA) is 27.7 Å². The third-order valence-electron chi connectivity index (χ3n) is 4.65. The second-order valence-electron chi connectivity index (χ2n) is 8.78. The summed E-state index contributed by atoms with van der Waals surface area (Å²) < 4.78 is 18.3. The number of rotatable bonds is 12. The van der Waals surface area contributed by atoms with Gasteiger partial charge in [-0.3, -0.25) is 0 Å². The van der Waals surface area contributed by atoms with Crippen LogP contribution < -0.4 is 0 Å². The molecule has 0 bridgehead atoms. The van der Waals surface area contributed by atoms with E-state index in [-0.39, 0.29) is 11.5 Å². The Kier molecular flexibility index (Phi) is 10.4. The first-order valence-electron chi connectivity index (χ1n) is 9.58. The molecule has 0 saturated carbocycles. The van der Waals surface area contributed by atoms with Crippen molar-refractivity contribution in [3.05, 3.63) is 45.6 Å². The summed E-state index contributed by atoms with van der Waals surface area (Å²) in [6, 6.07) is 10.4. The first kappa shape index (κ1) is 23.7. The molecule has 1 aromatic carbocycles. The molecule has 3 nitrogen and oxygen atoms in total. The van der Waals surface area contributed by atoms with Gasteiger partial charge >= 0.3 is 165 Å². The SMILES string of the molecule is COCOC(C)[C](=CCC(C)(C)CCOCc1ccccc1)[Sn]([CH3])([CH3])[CH3]. The fraction of sp³-hybridized carbons (Fsp3) is 0.636. The van der Waals surface area contributed by atoms with E-state index in [2.05, 4.69) is 65.9 Å². The third kappa shape index (κ3) is 9.54. The van der Waals surface area contributed by atoms with Crippen molar-refractivity contribution in [3.63, 3.8) is 0 Å². The molecule has 0 heterocycles. The summed E-state index contributed by atoms with van der Waals surface area (Å²) in [5.41, 5.74) is 1.46. The van der Waals surface area contributed by atoms with Gasteiger partial charge in [-0.15, -0.1) is 0 Å². The van der Waals surface area contributed by atoms with Crippen molar-refractivity contribution in [2.75, 3.05) is 20.5 Å². The maximum atomic E-state index is 5.88. The molecular weight excluding hydrogens is 431 g/mol. The summed E-state index contributed by atoms with van der Waals surface area (Å²) in [4.78, 5) is 7.34. The number of hydrogen-bond acceptors (Lipinski definition) is 3. The fourth-order valence-corrected chi connectivity index (χ4v) is 8.70. The molecule has 0 fully saturated rings. The van der Waals surface area contributed by atoms with Crippen molar-refractivity contribution >= 4 is 18.4 Å². The molecule has 148 valence electrons. The van der Waals surface area contributed by atoms with E-state index in [0.717, 1.165) is 19.4 Å². The summed E-state index contributed by atoms with van der Waals surface area (Å²) in [6.07, 6.45) is 4.71. The van der Waals surface area contributed by atoms with Crippen LogP contribution in [0.2, 0.25) is 14.8 Å². The van der Waals surface area contributed by atoms with E-state index in [4.69, 9.17) is 14.2 Å². The van der Waals surface area contributed by atoms with E-state index in [1.54, 1.807) is 7.11 Å². The summed E-state index contributed by atoms with van der Waals surface area (Å²) in [6.45, 7) is 8.65.